The Bertz CT molecular complexity index is 682. The van der Waals surface area contributed by atoms with Crippen molar-refractivity contribution in [2.75, 3.05) is 13.7 Å². The number of benzene rings is 1. The van der Waals surface area contributed by atoms with E-state index >= 15 is 0 Å². The van der Waals surface area contributed by atoms with Crippen LogP contribution in [0, 0.1) is 5.92 Å². The van der Waals surface area contributed by atoms with E-state index in [0.717, 1.165) is 12.2 Å². The van der Waals surface area contributed by atoms with E-state index in [0.29, 0.717) is 18.4 Å². The van der Waals surface area contributed by atoms with Gasteiger partial charge in [0.25, 0.3) is 0 Å². The highest BCUT2D eigenvalue weighted by molar-refractivity contribution is 5.88. The second-order valence-electron chi connectivity index (χ2n) is 9.10. The van der Waals surface area contributed by atoms with E-state index in [-0.39, 0.29) is 5.91 Å². The number of nitrogens with zero attached hydrogens (tertiary/aromatic N) is 1. The summed E-state index contributed by atoms with van der Waals surface area (Å²) < 4.78 is 6.38. The van der Waals surface area contributed by atoms with Gasteiger partial charge in [-0.2, -0.15) is 0 Å². The molecule has 1 amide bonds. The van der Waals surface area contributed by atoms with E-state index in [2.05, 4.69) is 23.5 Å². The molecule has 3 fully saturated rings. The third kappa shape index (κ3) is 3.92. The zero-order valence-electron chi connectivity index (χ0n) is 17.2. The van der Waals surface area contributed by atoms with Crippen molar-refractivity contribution in [1.29, 1.82) is 0 Å². The van der Waals surface area contributed by atoms with Crippen molar-refractivity contribution in [1.82, 2.24) is 10.2 Å². The van der Waals surface area contributed by atoms with Gasteiger partial charge >= 0.3 is 0 Å². The minimum absolute atomic E-state index is 0.0731. The lowest BCUT2D eigenvalue weighted by molar-refractivity contribution is -0.133. The molecule has 2 unspecified atom stereocenters. The molecule has 1 aromatic carbocycles. The quantitative estimate of drug-likeness (QED) is 0.783. The number of likely N-dealkylation sites (N-methyl/N-ethyl adjacent to an activating group) is 1. The molecule has 5 nitrogen and oxygen atoms in total. The van der Waals surface area contributed by atoms with Gasteiger partial charge in [0.2, 0.25) is 5.91 Å². The molecule has 0 radical (unpaired) electrons. The Balaban J connectivity index is 1.53. The smallest absolute Gasteiger partial charge is 0.248 e. The number of carbonyl (C=O) groups is 1. The Labute approximate surface area is 169 Å². The van der Waals surface area contributed by atoms with Crippen molar-refractivity contribution >= 4 is 5.91 Å². The fraction of sp³-hybridized carbons (Fsp3) is 0.696. The van der Waals surface area contributed by atoms with Crippen molar-refractivity contribution < 1.29 is 9.53 Å². The third-order valence-electron chi connectivity index (χ3n) is 7.12. The Kier molecular flexibility index (Phi) is 5.93. The summed E-state index contributed by atoms with van der Waals surface area (Å²) in [4.78, 5) is 14.8. The average molecular weight is 386 g/mol. The topological polar surface area (TPSA) is 67.6 Å². The number of carbonyl (C=O) groups excluding carboxylic acids is 1. The largest absolute Gasteiger partial charge is 0.491 e. The highest BCUT2D eigenvalue weighted by Crippen LogP contribution is 2.39. The zero-order chi connectivity index (χ0) is 19.6. The molecule has 2 aliphatic carbocycles. The fourth-order valence-electron chi connectivity index (χ4n) is 5.49. The minimum Gasteiger partial charge on any atom is -0.491 e. The normalized spacial score (nSPS) is 29.6. The highest BCUT2D eigenvalue weighted by Gasteiger charge is 2.50. The van der Waals surface area contributed by atoms with Crippen LogP contribution in [0.1, 0.15) is 75.7 Å². The van der Waals surface area contributed by atoms with E-state index in [1.54, 1.807) is 11.9 Å². The molecule has 3 N–H and O–H groups in total. The summed E-state index contributed by atoms with van der Waals surface area (Å²) >= 11 is 0. The van der Waals surface area contributed by atoms with Crippen LogP contribution in [0.25, 0.3) is 0 Å². The number of ether oxygens (including phenoxy) is 1. The molecule has 1 aliphatic heterocycles. The average Bonchev–Trinajstić information content (AvgIpc) is 3.32. The Morgan fingerprint density at radius 3 is 2.46 bits per heavy atom. The number of rotatable bonds is 6. The van der Waals surface area contributed by atoms with E-state index in [1.807, 2.05) is 6.07 Å². The molecule has 1 saturated heterocycles. The van der Waals surface area contributed by atoms with Crippen molar-refractivity contribution in [2.45, 2.75) is 82.0 Å². The Morgan fingerprint density at radius 1 is 1.11 bits per heavy atom. The molecule has 2 atom stereocenters. The van der Waals surface area contributed by atoms with E-state index in [1.165, 1.54) is 63.4 Å². The lowest BCUT2D eigenvalue weighted by Gasteiger charge is -2.33. The molecular weight excluding hydrogens is 350 g/mol. The second kappa shape index (κ2) is 8.42. The van der Waals surface area contributed by atoms with Crippen molar-refractivity contribution in [2.24, 2.45) is 11.7 Å². The molecule has 0 bridgehead atoms. The molecular formula is C23H35N3O2. The molecule has 28 heavy (non-hydrogen) atoms. The number of amides is 1. The fourth-order valence-corrected chi connectivity index (χ4v) is 5.49. The summed E-state index contributed by atoms with van der Waals surface area (Å²) in [5.41, 5.74) is 6.78. The zero-order valence-corrected chi connectivity index (χ0v) is 17.2. The van der Waals surface area contributed by atoms with Gasteiger partial charge in [-0.05, 0) is 42.7 Å². The number of nitrogens with two attached hydrogens (primary N) is 1. The molecule has 154 valence electrons. The highest BCUT2D eigenvalue weighted by atomic mass is 16.5. The van der Waals surface area contributed by atoms with Crippen molar-refractivity contribution in [3.8, 4) is 5.75 Å². The van der Waals surface area contributed by atoms with Crippen LogP contribution in [0.15, 0.2) is 24.3 Å². The number of hydrogen-bond donors (Lipinski definition) is 2. The van der Waals surface area contributed by atoms with Gasteiger partial charge in [-0.15, -0.1) is 0 Å². The summed E-state index contributed by atoms with van der Waals surface area (Å²) in [6.07, 6.45) is 11.7. The lowest BCUT2D eigenvalue weighted by atomic mass is 9.79. The van der Waals surface area contributed by atoms with Gasteiger partial charge in [0, 0.05) is 7.05 Å². The van der Waals surface area contributed by atoms with Crippen LogP contribution < -0.4 is 15.8 Å². The summed E-state index contributed by atoms with van der Waals surface area (Å²) in [6, 6.07) is 8.39. The first-order chi connectivity index (χ1) is 13.6. The minimum atomic E-state index is -0.709. The molecule has 5 heteroatoms. The SMILES string of the molecule is CN1C(=O)C(COc2ccccc2C2CCCC2)(CC2CCCCC2)NC1N. The second-order valence-corrected chi connectivity index (χ2v) is 9.10. The first-order valence-corrected chi connectivity index (χ1v) is 11.1. The van der Waals surface area contributed by atoms with Gasteiger partial charge in [-0.1, -0.05) is 63.1 Å². The number of para-hydroxylation sites is 1. The lowest BCUT2D eigenvalue weighted by Crippen LogP contribution is -2.54. The van der Waals surface area contributed by atoms with Crippen LogP contribution in [-0.2, 0) is 4.79 Å². The summed E-state index contributed by atoms with van der Waals surface area (Å²) in [5, 5.41) is 3.40. The third-order valence-corrected chi connectivity index (χ3v) is 7.12. The van der Waals surface area contributed by atoms with Crippen LogP contribution in [0.5, 0.6) is 5.75 Å². The van der Waals surface area contributed by atoms with Crippen LogP contribution in [-0.4, -0.2) is 36.3 Å². The van der Waals surface area contributed by atoms with E-state index in [9.17, 15) is 4.79 Å². The summed E-state index contributed by atoms with van der Waals surface area (Å²) in [6.45, 7) is 0.351. The first kappa shape index (κ1) is 19.7. The standard InChI is InChI=1S/C23H35N3O2/c1-26-21(27)23(25-22(26)24,15-17-9-3-2-4-10-17)16-28-20-14-8-7-13-19(20)18-11-5-6-12-18/h7-8,13-14,17-18,22,25H,2-6,9-12,15-16,24H2,1H3. The summed E-state index contributed by atoms with van der Waals surface area (Å²) in [7, 11) is 1.79. The van der Waals surface area contributed by atoms with Gasteiger partial charge < -0.3 is 9.64 Å². The van der Waals surface area contributed by atoms with Crippen LogP contribution in [0.3, 0.4) is 0 Å². The van der Waals surface area contributed by atoms with Gasteiger partial charge in [0.05, 0.1) is 0 Å². The molecule has 0 spiro atoms. The Hall–Kier alpha value is -1.59. The van der Waals surface area contributed by atoms with Crippen LogP contribution in [0.4, 0.5) is 0 Å². The van der Waals surface area contributed by atoms with Crippen molar-refractivity contribution in [3.05, 3.63) is 29.8 Å². The maximum atomic E-state index is 13.2. The maximum Gasteiger partial charge on any atom is 0.248 e. The van der Waals surface area contributed by atoms with E-state index in [4.69, 9.17) is 10.5 Å². The van der Waals surface area contributed by atoms with Crippen LogP contribution >= 0.6 is 0 Å². The predicted octanol–water partition coefficient (Wildman–Crippen LogP) is 3.74. The molecule has 4 rings (SSSR count). The van der Waals surface area contributed by atoms with Gasteiger partial charge in [-0.25, -0.2) is 0 Å². The molecule has 0 aromatic heterocycles. The molecule has 1 aromatic rings. The maximum absolute atomic E-state index is 13.2. The summed E-state index contributed by atoms with van der Waals surface area (Å²) in [5.74, 6) is 2.17. The van der Waals surface area contributed by atoms with Gasteiger partial charge in [0.1, 0.15) is 24.2 Å². The predicted molar refractivity (Wildman–Crippen MR) is 111 cm³/mol. The van der Waals surface area contributed by atoms with Gasteiger partial charge in [0.15, 0.2) is 0 Å². The molecule has 2 saturated carbocycles. The molecule has 1 heterocycles. The number of nitrogens with one attached hydrogen (secondary N) is 1. The Morgan fingerprint density at radius 2 is 1.79 bits per heavy atom. The number of hydrogen-bond acceptors (Lipinski definition) is 4. The first-order valence-electron chi connectivity index (χ1n) is 11.1. The monoisotopic (exact) mass is 385 g/mol. The van der Waals surface area contributed by atoms with Crippen molar-refractivity contribution in [3.63, 3.8) is 0 Å². The van der Waals surface area contributed by atoms with E-state index < -0.39 is 11.8 Å². The van der Waals surface area contributed by atoms with Crippen LogP contribution in [0.2, 0.25) is 0 Å². The molecule has 3 aliphatic rings. The van der Waals surface area contributed by atoms with Gasteiger partial charge in [-0.3, -0.25) is 15.8 Å².